The number of anilines is 2. The van der Waals surface area contributed by atoms with Gasteiger partial charge in [-0.3, -0.25) is 16.0 Å². The van der Waals surface area contributed by atoms with Crippen LogP contribution in [0.3, 0.4) is 0 Å². The number of nitro benzene ring substituents is 1. The molecule has 3 N–H and O–H groups in total. The van der Waals surface area contributed by atoms with E-state index in [9.17, 15) is 10.1 Å². The summed E-state index contributed by atoms with van der Waals surface area (Å²) < 4.78 is 0. The number of nitrogens with one attached hydrogen (secondary N) is 1. The van der Waals surface area contributed by atoms with Crippen LogP contribution in [0.1, 0.15) is 11.1 Å². The molecule has 0 radical (unpaired) electrons. The van der Waals surface area contributed by atoms with E-state index in [1.165, 1.54) is 0 Å². The number of nitrogens with zero attached hydrogens (tertiary/aromatic N) is 2. The molecule has 0 heterocycles. The molecule has 2 aromatic rings. The third-order valence-electron chi connectivity index (χ3n) is 3.27. The second-order valence-electron chi connectivity index (χ2n) is 4.92. The fourth-order valence-electron chi connectivity index (χ4n) is 2.32. The van der Waals surface area contributed by atoms with Gasteiger partial charge in [-0.05, 0) is 24.6 Å². The van der Waals surface area contributed by atoms with Gasteiger partial charge in [0.1, 0.15) is 11.4 Å². The maximum Gasteiger partial charge on any atom is 0.316 e. The van der Waals surface area contributed by atoms with Crippen LogP contribution in [-0.4, -0.2) is 12.0 Å². The summed E-state index contributed by atoms with van der Waals surface area (Å²) in [6.45, 7) is 2.60. The average Bonchev–Trinajstić information content (AvgIpc) is 2.46. The second-order valence-corrected chi connectivity index (χ2v) is 4.92. The Morgan fingerprint density at radius 2 is 2.00 bits per heavy atom. The molecule has 0 aromatic heterocycles. The van der Waals surface area contributed by atoms with Crippen LogP contribution in [-0.2, 0) is 6.54 Å². The van der Waals surface area contributed by atoms with Gasteiger partial charge in [0.15, 0.2) is 0 Å². The van der Waals surface area contributed by atoms with Crippen molar-refractivity contribution in [1.82, 2.24) is 0 Å². The molecule has 0 saturated heterocycles. The predicted molar refractivity (Wildman–Crippen MR) is 84.2 cm³/mol. The van der Waals surface area contributed by atoms with Crippen LogP contribution in [0.2, 0.25) is 0 Å². The molecular weight excluding hydrogens is 268 g/mol. The first-order chi connectivity index (χ1) is 10.0. The van der Waals surface area contributed by atoms with Crippen molar-refractivity contribution in [3.63, 3.8) is 0 Å². The van der Waals surface area contributed by atoms with Gasteiger partial charge in [-0.15, -0.1) is 0 Å². The van der Waals surface area contributed by atoms with Crippen molar-refractivity contribution in [1.29, 1.82) is 0 Å². The highest BCUT2D eigenvalue weighted by Crippen LogP contribution is 2.34. The van der Waals surface area contributed by atoms with Crippen LogP contribution in [0.15, 0.2) is 42.5 Å². The zero-order chi connectivity index (χ0) is 15.4. The van der Waals surface area contributed by atoms with E-state index in [2.05, 4.69) is 11.5 Å². The molecule has 110 valence electrons. The topological polar surface area (TPSA) is 84.4 Å². The number of aryl methyl sites for hydroxylation is 1. The maximum atomic E-state index is 11.3. The zero-order valence-corrected chi connectivity index (χ0v) is 12.0. The Kier molecular flexibility index (Phi) is 4.39. The van der Waals surface area contributed by atoms with Crippen LogP contribution in [0, 0.1) is 17.0 Å². The number of nitrogens with two attached hydrogens (primary N) is 1. The monoisotopic (exact) mass is 286 g/mol. The molecule has 0 unspecified atom stereocenters. The summed E-state index contributed by atoms with van der Waals surface area (Å²) in [4.78, 5) is 12.7. The first kappa shape index (κ1) is 14.8. The van der Waals surface area contributed by atoms with Gasteiger partial charge in [-0.2, -0.15) is 0 Å². The van der Waals surface area contributed by atoms with Crippen molar-refractivity contribution in [3.05, 3.63) is 63.7 Å². The summed E-state index contributed by atoms with van der Waals surface area (Å²) in [7, 11) is 1.82. The lowest BCUT2D eigenvalue weighted by Crippen LogP contribution is -2.19. The van der Waals surface area contributed by atoms with Crippen molar-refractivity contribution in [2.75, 3.05) is 17.4 Å². The number of nitro groups is 1. The molecule has 0 bridgehead atoms. The highest BCUT2D eigenvalue weighted by atomic mass is 16.6. The van der Waals surface area contributed by atoms with Crippen LogP contribution in [0.25, 0.3) is 0 Å². The Bertz CT molecular complexity index is 658. The molecule has 21 heavy (non-hydrogen) atoms. The van der Waals surface area contributed by atoms with Crippen molar-refractivity contribution in [2.24, 2.45) is 5.84 Å². The smallest absolute Gasteiger partial charge is 0.316 e. The molecule has 6 nitrogen and oxygen atoms in total. The van der Waals surface area contributed by atoms with Gasteiger partial charge in [-0.1, -0.05) is 35.9 Å². The zero-order valence-electron chi connectivity index (χ0n) is 12.0. The molecule has 0 spiro atoms. The fourth-order valence-corrected chi connectivity index (χ4v) is 2.32. The van der Waals surface area contributed by atoms with E-state index in [0.717, 1.165) is 11.1 Å². The minimum atomic E-state index is -0.419. The quantitative estimate of drug-likeness (QED) is 0.501. The van der Waals surface area contributed by atoms with E-state index in [1.807, 2.05) is 37.1 Å². The van der Waals surface area contributed by atoms with E-state index in [0.29, 0.717) is 17.9 Å². The Morgan fingerprint density at radius 3 is 2.62 bits per heavy atom. The largest absolute Gasteiger partial charge is 0.365 e. The van der Waals surface area contributed by atoms with Crippen LogP contribution in [0.5, 0.6) is 0 Å². The van der Waals surface area contributed by atoms with Gasteiger partial charge in [0.2, 0.25) is 0 Å². The molecule has 0 aliphatic heterocycles. The number of hydrogen-bond donors (Lipinski definition) is 2. The number of hydrazine groups is 1. The SMILES string of the molecule is Cc1cccc(CN(C)c2cccc(NN)c2[N+](=O)[O-])c1. The Balaban J connectivity index is 2.35. The molecule has 0 aliphatic carbocycles. The van der Waals surface area contributed by atoms with Crippen molar-refractivity contribution in [2.45, 2.75) is 13.5 Å². The van der Waals surface area contributed by atoms with Gasteiger partial charge < -0.3 is 10.3 Å². The van der Waals surface area contributed by atoms with E-state index >= 15 is 0 Å². The lowest BCUT2D eigenvalue weighted by molar-refractivity contribution is -0.383. The number of rotatable bonds is 5. The summed E-state index contributed by atoms with van der Waals surface area (Å²) in [6, 6.07) is 13.1. The van der Waals surface area contributed by atoms with Gasteiger partial charge in [0.05, 0.1) is 4.92 Å². The van der Waals surface area contributed by atoms with Crippen LogP contribution < -0.4 is 16.2 Å². The molecule has 6 heteroatoms. The average molecular weight is 286 g/mol. The molecule has 0 amide bonds. The minimum Gasteiger partial charge on any atom is -0.365 e. The number of hydrogen-bond acceptors (Lipinski definition) is 5. The number of nitrogen functional groups attached to an aromatic ring is 1. The van der Waals surface area contributed by atoms with Crippen LogP contribution >= 0.6 is 0 Å². The van der Waals surface area contributed by atoms with Crippen LogP contribution in [0.4, 0.5) is 17.1 Å². The van der Waals surface area contributed by atoms with E-state index in [1.54, 1.807) is 18.2 Å². The third-order valence-corrected chi connectivity index (χ3v) is 3.27. The molecule has 2 rings (SSSR count). The molecule has 2 aromatic carbocycles. The Morgan fingerprint density at radius 1 is 1.29 bits per heavy atom. The highest BCUT2D eigenvalue weighted by Gasteiger charge is 2.21. The predicted octanol–water partition coefficient (Wildman–Crippen LogP) is 2.83. The normalized spacial score (nSPS) is 10.2. The molecular formula is C15H18N4O2. The number of para-hydroxylation sites is 1. The minimum absolute atomic E-state index is 0.0184. The Hall–Kier alpha value is -2.60. The van der Waals surface area contributed by atoms with Gasteiger partial charge in [0.25, 0.3) is 0 Å². The Labute approximate surface area is 123 Å². The van der Waals surface area contributed by atoms with Gasteiger partial charge in [0, 0.05) is 13.6 Å². The van der Waals surface area contributed by atoms with E-state index in [4.69, 9.17) is 5.84 Å². The van der Waals surface area contributed by atoms with Gasteiger partial charge >= 0.3 is 5.69 Å². The van der Waals surface area contributed by atoms with E-state index < -0.39 is 4.92 Å². The summed E-state index contributed by atoms with van der Waals surface area (Å²) in [5.74, 6) is 5.36. The lowest BCUT2D eigenvalue weighted by atomic mass is 10.1. The summed E-state index contributed by atoms with van der Waals surface area (Å²) in [5.41, 5.74) is 5.44. The van der Waals surface area contributed by atoms with Crippen molar-refractivity contribution >= 4 is 17.1 Å². The first-order valence-electron chi connectivity index (χ1n) is 6.53. The molecule has 0 fully saturated rings. The first-order valence-corrected chi connectivity index (χ1v) is 6.53. The third kappa shape index (κ3) is 3.29. The molecule has 0 saturated carbocycles. The molecule has 0 atom stereocenters. The highest BCUT2D eigenvalue weighted by molar-refractivity contribution is 5.76. The lowest BCUT2D eigenvalue weighted by Gasteiger charge is -2.20. The maximum absolute atomic E-state index is 11.3. The standard InChI is InChI=1S/C15H18N4O2/c1-11-5-3-6-12(9-11)10-18(2)14-8-4-7-13(17-16)15(14)19(20)21/h3-9,17H,10,16H2,1-2H3. The molecule has 0 aliphatic rings. The fraction of sp³-hybridized carbons (Fsp3) is 0.200. The van der Waals surface area contributed by atoms with Crippen molar-refractivity contribution in [3.8, 4) is 0 Å². The summed E-state index contributed by atoms with van der Waals surface area (Å²) >= 11 is 0. The van der Waals surface area contributed by atoms with Gasteiger partial charge in [-0.25, -0.2) is 0 Å². The van der Waals surface area contributed by atoms with E-state index in [-0.39, 0.29) is 5.69 Å². The second kappa shape index (κ2) is 6.23. The number of benzene rings is 2. The summed E-state index contributed by atoms with van der Waals surface area (Å²) in [6.07, 6.45) is 0. The summed E-state index contributed by atoms with van der Waals surface area (Å²) in [5, 5.41) is 11.3. The van der Waals surface area contributed by atoms with Crippen molar-refractivity contribution < 1.29 is 4.92 Å².